The molecule has 14 heavy (non-hydrogen) atoms. The van der Waals surface area contributed by atoms with Crippen molar-refractivity contribution in [3.8, 4) is 0 Å². The first-order chi connectivity index (χ1) is 6.65. The number of rotatable bonds is 4. The molecule has 2 nitrogen and oxygen atoms in total. The van der Waals surface area contributed by atoms with Crippen LogP contribution in [-0.2, 0) is 4.74 Å². The highest BCUT2D eigenvalue weighted by Gasteiger charge is 2.07. The van der Waals surface area contributed by atoms with Crippen LogP contribution in [-0.4, -0.2) is 13.2 Å². The highest BCUT2D eigenvalue weighted by atomic mass is 19.1. The van der Waals surface area contributed by atoms with Crippen LogP contribution in [0.1, 0.15) is 24.1 Å². The van der Waals surface area contributed by atoms with Crippen molar-refractivity contribution in [3.05, 3.63) is 35.1 Å². The first-order valence-electron chi connectivity index (χ1n) is 4.74. The largest absolute Gasteiger partial charge is 0.380 e. The zero-order valence-corrected chi connectivity index (χ0v) is 8.59. The van der Waals surface area contributed by atoms with Gasteiger partial charge in [-0.15, -0.1) is 0 Å². The number of halogens is 1. The van der Waals surface area contributed by atoms with Crippen LogP contribution in [0.5, 0.6) is 0 Å². The number of hydrogen-bond acceptors (Lipinski definition) is 2. The maximum Gasteiger partial charge on any atom is 0.126 e. The normalized spacial score (nSPS) is 12.9. The van der Waals surface area contributed by atoms with E-state index in [1.807, 2.05) is 6.92 Å². The van der Waals surface area contributed by atoms with Crippen molar-refractivity contribution in [2.45, 2.75) is 19.9 Å². The Balaban J connectivity index is 2.70. The third-order valence-corrected chi connectivity index (χ3v) is 2.11. The summed E-state index contributed by atoms with van der Waals surface area (Å²) in [5, 5.41) is 0. The Labute approximate surface area is 83.9 Å². The summed E-state index contributed by atoms with van der Waals surface area (Å²) in [6, 6.07) is 4.73. The molecule has 3 heteroatoms. The lowest BCUT2D eigenvalue weighted by Crippen LogP contribution is -2.17. The summed E-state index contributed by atoms with van der Waals surface area (Å²) in [7, 11) is 0. The fraction of sp³-hybridized carbons (Fsp3) is 0.455. The molecule has 1 aromatic rings. The molecule has 78 valence electrons. The fourth-order valence-electron chi connectivity index (χ4n) is 1.24. The summed E-state index contributed by atoms with van der Waals surface area (Å²) in [5.74, 6) is -0.197. The number of benzene rings is 1. The van der Waals surface area contributed by atoms with Gasteiger partial charge in [-0.3, -0.25) is 0 Å². The molecule has 1 unspecified atom stereocenters. The van der Waals surface area contributed by atoms with Crippen molar-refractivity contribution in [1.82, 2.24) is 0 Å². The molecule has 0 aliphatic rings. The van der Waals surface area contributed by atoms with Gasteiger partial charge < -0.3 is 10.5 Å². The molecule has 0 aromatic heterocycles. The number of aryl methyl sites for hydroxylation is 1. The second kappa shape index (κ2) is 5.08. The van der Waals surface area contributed by atoms with Gasteiger partial charge in [0, 0.05) is 6.61 Å². The SMILES string of the molecule is CCOCC(N)c1ccc(F)c(C)c1. The molecule has 1 aromatic carbocycles. The lowest BCUT2D eigenvalue weighted by Gasteiger charge is -2.12. The molecule has 0 spiro atoms. The van der Waals surface area contributed by atoms with Crippen LogP contribution in [0.15, 0.2) is 18.2 Å². The van der Waals surface area contributed by atoms with Gasteiger partial charge in [-0.25, -0.2) is 4.39 Å². The highest BCUT2D eigenvalue weighted by molar-refractivity contribution is 5.26. The van der Waals surface area contributed by atoms with Gasteiger partial charge in [0.25, 0.3) is 0 Å². The Bertz CT molecular complexity index is 301. The smallest absolute Gasteiger partial charge is 0.126 e. The number of nitrogens with two attached hydrogens (primary N) is 1. The molecule has 1 rings (SSSR count). The third kappa shape index (κ3) is 2.79. The molecule has 0 saturated heterocycles. The summed E-state index contributed by atoms with van der Waals surface area (Å²) in [6.45, 7) is 4.77. The van der Waals surface area contributed by atoms with E-state index in [0.29, 0.717) is 18.8 Å². The van der Waals surface area contributed by atoms with E-state index in [2.05, 4.69) is 0 Å². The fourth-order valence-corrected chi connectivity index (χ4v) is 1.24. The molecule has 0 radical (unpaired) electrons. The molecule has 0 amide bonds. The van der Waals surface area contributed by atoms with Crippen molar-refractivity contribution in [1.29, 1.82) is 0 Å². The van der Waals surface area contributed by atoms with Gasteiger partial charge in [0.15, 0.2) is 0 Å². The molecule has 0 aliphatic carbocycles. The second-order valence-electron chi connectivity index (χ2n) is 3.27. The van der Waals surface area contributed by atoms with Gasteiger partial charge in [-0.1, -0.05) is 12.1 Å². The van der Waals surface area contributed by atoms with Crippen LogP contribution in [0.3, 0.4) is 0 Å². The third-order valence-electron chi connectivity index (χ3n) is 2.11. The summed E-state index contributed by atoms with van der Waals surface area (Å²) in [5.41, 5.74) is 7.39. The number of hydrogen-bond donors (Lipinski definition) is 1. The average Bonchev–Trinajstić information content (AvgIpc) is 2.18. The standard InChI is InChI=1S/C11H16FNO/c1-3-14-7-11(13)9-4-5-10(12)8(2)6-9/h4-6,11H,3,7,13H2,1-2H3. The Morgan fingerprint density at radius 3 is 2.79 bits per heavy atom. The highest BCUT2D eigenvalue weighted by Crippen LogP contribution is 2.15. The summed E-state index contributed by atoms with van der Waals surface area (Å²) in [6.07, 6.45) is 0. The predicted octanol–water partition coefficient (Wildman–Crippen LogP) is 2.17. The van der Waals surface area contributed by atoms with E-state index in [-0.39, 0.29) is 11.9 Å². The van der Waals surface area contributed by atoms with E-state index in [9.17, 15) is 4.39 Å². The van der Waals surface area contributed by atoms with Gasteiger partial charge in [-0.05, 0) is 31.0 Å². The van der Waals surface area contributed by atoms with E-state index < -0.39 is 0 Å². The van der Waals surface area contributed by atoms with Gasteiger partial charge >= 0.3 is 0 Å². The first kappa shape index (κ1) is 11.1. The van der Waals surface area contributed by atoms with Crippen LogP contribution >= 0.6 is 0 Å². The van der Waals surface area contributed by atoms with Gasteiger partial charge in [0.05, 0.1) is 12.6 Å². The zero-order valence-electron chi connectivity index (χ0n) is 8.59. The Morgan fingerprint density at radius 2 is 2.21 bits per heavy atom. The van der Waals surface area contributed by atoms with E-state index in [1.54, 1.807) is 19.1 Å². The van der Waals surface area contributed by atoms with E-state index in [1.165, 1.54) is 6.07 Å². The molecule has 1 atom stereocenters. The van der Waals surface area contributed by atoms with Gasteiger partial charge in [0.1, 0.15) is 5.82 Å². The zero-order chi connectivity index (χ0) is 10.6. The Kier molecular flexibility index (Phi) is 4.04. The molecular weight excluding hydrogens is 181 g/mol. The molecule has 0 fully saturated rings. The topological polar surface area (TPSA) is 35.2 Å². The maximum atomic E-state index is 12.9. The molecule has 2 N–H and O–H groups in total. The first-order valence-corrected chi connectivity index (χ1v) is 4.74. The maximum absolute atomic E-state index is 12.9. The predicted molar refractivity (Wildman–Crippen MR) is 54.6 cm³/mol. The molecule has 0 bridgehead atoms. The summed E-state index contributed by atoms with van der Waals surface area (Å²) >= 11 is 0. The summed E-state index contributed by atoms with van der Waals surface area (Å²) in [4.78, 5) is 0. The van der Waals surface area contributed by atoms with Crippen LogP contribution in [0.2, 0.25) is 0 Å². The second-order valence-corrected chi connectivity index (χ2v) is 3.27. The average molecular weight is 197 g/mol. The van der Waals surface area contributed by atoms with E-state index >= 15 is 0 Å². The monoisotopic (exact) mass is 197 g/mol. The minimum atomic E-state index is -0.197. The van der Waals surface area contributed by atoms with Crippen molar-refractivity contribution >= 4 is 0 Å². The van der Waals surface area contributed by atoms with Crippen molar-refractivity contribution in [3.63, 3.8) is 0 Å². The molecular formula is C11H16FNO. The quantitative estimate of drug-likeness (QED) is 0.802. The van der Waals surface area contributed by atoms with Crippen LogP contribution in [0, 0.1) is 12.7 Å². The van der Waals surface area contributed by atoms with E-state index in [4.69, 9.17) is 10.5 Å². The molecule has 0 saturated carbocycles. The van der Waals surface area contributed by atoms with Crippen LogP contribution in [0.4, 0.5) is 4.39 Å². The van der Waals surface area contributed by atoms with Gasteiger partial charge in [-0.2, -0.15) is 0 Å². The lowest BCUT2D eigenvalue weighted by atomic mass is 10.1. The van der Waals surface area contributed by atoms with Crippen molar-refractivity contribution < 1.29 is 9.13 Å². The Hall–Kier alpha value is -0.930. The minimum Gasteiger partial charge on any atom is -0.380 e. The van der Waals surface area contributed by atoms with E-state index in [0.717, 1.165) is 5.56 Å². The van der Waals surface area contributed by atoms with Crippen LogP contribution in [0.25, 0.3) is 0 Å². The van der Waals surface area contributed by atoms with Crippen molar-refractivity contribution in [2.75, 3.05) is 13.2 Å². The summed E-state index contributed by atoms with van der Waals surface area (Å²) < 4.78 is 18.1. The lowest BCUT2D eigenvalue weighted by molar-refractivity contribution is 0.133. The minimum absolute atomic E-state index is 0.172. The Morgan fingerprint density at radius 1 is 1.50 bits per heavy atom. The number of ether oxygens (including phenoxy) is 1. The van der Waals surface area contributed by atoms with Crippen LogP contribution < -0.4 is 5.73 Å². The molecule has 0 heterocycles. The molecule has 0 aliphatic heterocycles. The van der Waals surface area contributed by atoms with Gasteiger partial charge in [0.2, 0.25) is 0 Å². The van der Waals surface area contributed by atoms with Crippen molar-refractivity contribution in [2.24, 2.45) is 5.73 Å².